The Morgan fingerprint density at radius 1 is 1.08 bits per heavy atom. The van der Waals surface area contributed by atoms with Gasteiger partial charge in [-0.3, -0.25) is 0 Å². The van der Waals surface area contributed by atoms with Crippen LogP contribution >= 0.6 is 0 Å². The highest BCUT2D eigenvalue weighted by molar-refractivity contribution is 5.65. The molecule has 0 aliphatic carbocycles. The second kappa shape index (κ2) is 6.47. The van der Waals surface area contributed by atoms with Crippen LogP contribution in [0, 0.1) is 0 Å². The number of ether oxygens (including phenoxy) is 2. The fourth-order valence-electron chi connectivity index (χ4n) is 3.05. The van der Waals surface area contributed by atoms with Crippen molar-refractivity contribution in [1.82, 2.24) is 10.1 Å². The maximum Gasteiger partial charge on any atom is 0.257 e. The molecule has 0 saturated carbocycles. The van der Waals surface area contributed by atoms with Crippen LogP contribution in [0.2, 0.25) is 0 Å². The third-order valence-corrected chi connectivity index (χ3v) is 4.34. The number of benzene rings is 2. The Morgan fingerprint density at radius 3 is 2.80 bits per heavy atom. The Labute approximate surface area is 145 Å². The maximum absolute atomic E-state index is 5.45. The number of nitrogens with zero attached hydrogens (tertiary/aromatic N) is 2. The molecule has 0 radical (unpaired) electrons. The molecule has 0 bridgehead atoms. The van der Waals surface area contributed by atoms with E-state index in [2.05, 4.69) is 27.6 Å². The molecule has 0 fully saturated rings. The highest BCUT2D eigenvalue weighted by Gasteiger charge is 2.15. The van der Waals surface area contributed by atoms with Crippen LogP contribution < -0.4 is 14.8 Å². The second-order valence-electron chi connectivity index (χ2n) is 5.93. The summed E-state index contributed by atoms with van der Waals surface area (Å²) in [5, 5.41) is 7.45. The van der Waals surface area contributed by atoms with Gasteiger partial charge in [0.15, 0.2) is 17.3 Å². The van der Waals surface area contributed by atoms with Crippen molar-refractivity contribution >= 4 is 5.69 Å². The molecule has 3 aromatic rings. The molecule has 6 nitrogen and oxygen atoms in total. The van der Waals surface area contributed by atoms with Gasteiger partial charge in [-0.2, -0.15) is 4.98 Å². The number of hydrogen-bond acceptors (Lipinski definition) is 6. The van der Waals surface area contributed by atoms with Crippen LogP contribution in [-0.4, -0.2) is 30.9 Å². The third-order valence-electron chi connectivity index (χ3n) is 4.34. The van der Waals surface area contributed by atoms with Gasteiger partial charge in [-0.15, -0.1) is 0 Å². The minimum atomic E-state index is 0.546. The van der Waals surface area contributed by atoms with Crippen LogP contribution in [-0.2, 0) is 12.8 Å². The quantitative estimate of drug-likeness (QED) is 0.770. The van der Waals surface area contributed by atoms with Gasteiger partial charge in [-0.25, -0.2) is 0 Å². The number of hydrogen-bond donors (Lipinski definition) is 1. The van der Waals surface area contributed by atoms with Crippen LogP contribution in [0.3, 0.4) is 0 Å². The van der Waals surface area contributed by atoms with Crippen LogP contribution in [0.4, 0.5) is 5.69 Å². The number of fused-ring (bicyclic) bond motifs is 1. The van der Waals surface area contributed by atoms with Gasteiger partial charge in [0.1, 0.15) is 0 Å². The molecule has 1 aromatic heterocycles. The lowest BCUT2D eigenvalue weighted by Crippen LogP contribution is -1.95. The first-order valence-corrected chi connectivity index (χ1v) is 8.17. The van der Waals surface area contributed by atoms with Gasteiger partial charge < -0.3 is 19.3 Å². The second-order valence-corrected chi connectivity index (χ2v) is 5.93. The topological polar surface area (TPSA) is 69.4 Å². The highest BCUT2D eigenvalue weighted by Crippen LogP contribution is 2.30. The first-order valence-electron chi connectivity index (χ1n) is 8.17. The Kier molecular flexibility index (Phi) is 4.01. The molecule has 1 aliphatic rings. The molecule has 4 rings (SSSR count). The minimum absolute atomic E-state index is 0.546. The Bertz CT molecular complexity index is 905. The van der Waals surface area contributed by atoms with E-state index in [0.29, 0.717) is 29.6 Å². The van der Waals surface area contributed by atoms with Gasteiger partial charge in [-0.05, 0) is 47.9 Å². The molecule has 25 heavy (non-hydrogen) atoms. The fraction of sp³-hybridized carbons (Fsp3) is 0.263. The summed E-state index contributed by atoms with van der Waals surface area (Å²) in [5.74, 6) is 2.58. The molecule has 0 saturated heterocycles. The molecule has 0 unspecified atom stereocenters. The molecule has 1 N–H and O–H groups in total. The lowest BCUT2D eigenvalue weighted by atomic mass is 10.1. The first-order chi connectivity index (χ1) is 12.3. The molecule has 0 amide bonds. The van der Waals surface area contributed by atoms with Crippen LogP contribution in [0.1, 0.15) is 17.0 Å². The molecule has 2 aromatic carbocycles. The third kappa shape index (κ3) is 3.03. The van der Waals surface area contributed by atoms with Gasteiger partial charge >= 0.3 is 0 Å². The van der Waals surface area contributed by atoms with E-state index in [9.17, 15) is 0 Å². The van der Waals surface area contributed by atoms with E-state index in [4.69, 9.17) is 14.0 Å². The predicted molar refractivity (Wildman–Crippen MR) is 94.3 cm³/mol. The monoisotopic (exact) mass is 337 g/mol. The summed E-state index contributed by atoms with van der Waals surface area (Å²) in [5.41, 5.74) is 4.46. The lowest BCUT2D eigenvalue weighted by molar-refractivity contribution is 0.354. The van der Waals surface area contributed by atoms with Crippen molar-refractivity contribution in [3.8, 4) is 23.0 Å². The summed E-state index contributed by atoms with van der Waals surface area (Å²) in [4.78, 5) is 4.53. The Morgan fingerprint density at radius 2 is 1.96 bits per heavy atom. The SMILES string of the molecule is COc1ccc(Cc2noc(-c3ccc4c(c3)CCN4)n2)cc1OC. The fourth-order valence-corrected chi connectivity index (χ4v) is 3.05. The van der Waals surface area contributed by atoms with Crippen molar-refractivity contribution in [2.75, 3.05) is 26.1 Å². The molecule has 6 heteroatoms. The summed E-state index contributed by atoms with van der Waals surface area (Å²) in [6.45, 7) is 0.979. The number of nitrogens with one attached hydrogen (secondary N) is 1. The van der Waals surface area contributed by atoms with Gasteiger partial charge in [-0.1, -0.05) is 11.2 Å². The van der Waals surface area contributed by atoms with Crippen LogP contribution in [0.5, 0.6) is 11.5 Å². The molecule has 0 spiro atoms. The average Bonchev–Trinajstić information content (AvgIpc) is 3.30. The van der Waals surface area contributed by atoms with E-state index in [1.165, 1.54) is 11.3 Å². The first kappa shape index (κ1) is 15.5. The molecule has 2 heterocycles. The van der Waals surface area contributed by atoms with E-state index < -0.39 is 0 Å². The lowest BCUT2D eigenvalue weighted by Gasteiger charge is -2.08. The minimum Gasteiger partial charge on any atom is -0.493 e. The Balaban J connectivity index is 1.55. The van der Waals surface area contributed by atoms with E-state index in [-0.39, 0.29) is 0 Å². The standard InChI is InChI=1S/C19H19N3O3/c1-23-16-6-3-12(9-17(16)24-2)10-18-21-19(25-22-18)14-4-5-15-13(11-14)7-8-20-15/h3-6,9,11,20H,7-8,10H2,1-2H3. The maximum atomic E-state index is 5.45. The highest BCUT2D eigenvalue weighted by atomic mass is 16.5. The molecule has 1 aliphatic heterocycles. The normalized spacial score (nSPS) is 12.6. The predicted octanol–water partition coefficient (Wildman–Crippen LogP) is 3.31. The van der Waals surface area contributed by atoms with Crippen molar-refractivity contribution in [2.45, 2.75) is 12.8 Å². The zero-order valence-corrected chi connectivity index (χ0v) is 14.2. The van der Waals surface area contributed by atoms with Crippen LogP contribution in [0.25, 0.3) is 11.5 Å². The smallest absolute Gasteiger partial charge is 0.257 e. The number of anilines is 1. The van der Waals surface area contributed by atoms with E-state index in [0.717, 1.165) is 24.1 Å². The van der Waals surface area contributed by atoms with Crippen molar-refractivity contribution in [3.05, 3.63) is 53.3 Å². The van der Waals surface area contributed by atoms with E-state index in [1.807, 2.05) is 24.3 Å². The van der Waals surface area contributed by atoms with Gasteiger partial charge in [0.05, 0.1) is 14.2 Å². The summed E-state index contributed by atoms with van der Waals surface area (Å²) in [6, 6.07) is 12.0. The summed E-state index contributed by atoms with van der Waals surface area (Å²) < 4.78 is 16.0. The zero-order valence-electron chi connectivity index (χ0n) is 14.2. The van der Waals surface area contributed by atoms with E-state index in [1.54, 1.807) is 14.2 Å². The number of rotatable bonds is 5. The van der Waals surface area contributed by atoms with Crippen LogP contribution in [0.15, 0.2) is 40.9 Å². The Hall–Kier alpha value is -3.02. The van der Waals surface area contributed by atoms with Gasteiger partial charge in [0, 0.05) is 24.2 Å². The van der Waals surface area contributed by atoms with E-state index >= 15 is 0 Å². The van der Waals surface area contributed by atoms with Gasteiger partial charge in [0.2, 0.25) is 0 Å². The number of aromatic nitrogens is 2. The average molecular weight is 337 g/mol. The summed E-state index contributed by atoms with van der Waals surface area (Å²) in [7, 11) is 3.24. The molecule has 128 valence electrons. The van der Waals surface area contributed by atoms with Crippen molar-refractivity contribution in [2.24, 2.45) is 0 Å². The van der Waals surface area contributed by atoms with Gasteiger partial charge in [0.25, 0.3) is 5.89 Å². The largest absolute Gasteiger partial charge is 0.493 e. The summed E-state index contributed by atoms with van der Waals surface area (Å²) >= 11 is 0. The molecule has 0 atom stereocenters. The zero-order chi connectivity index (χ0) is 17.2. The van der Waals surface area contributed by atoms with Crippen molar-refractivity contribution in [1.29, 1.82) is 0 Å². The number of methoxy groups -OCH3 is 2. The summed E-state index contributed by atoms with van der Waals surface area (Å²) in [6.07, 6.45) is 1.59. The van der Waals surface area contributed by atoms with Crippen molar-refractivity contribution < 1.29 is 14.0 Å². The molecular weight excluding hydrogens is 318 g/mol. The van der Waals surface area contributed by atoms with Crippen molar-refractivity contribution in [3.63, 3.8) is 0 Å². The molecular formula is C19H19N3O3.